The van der Waals surface area contributed by atoms with Gasteiger partial charge < -0.3 is 10.5 Å². The van der Waals surface area contributed by atoms with E-state index in [-0.39, 0.29) is 0 Å². The number of hydrogen-bond acceptors (Lipinski definition) is 2. The smallest absolute Gasteiger partial charge is 0.119 e. The average Bonchev–Trinajstić information content (AvgIpc) is 2.55. The lowest BCUT2D eigenvalue weighted by Crippen LogP contribution is -1.99. The number of benzene rings is 3. The standard InChI is InChI=1S/C19H17NO/c20-19-9-5-4-8-17(19)14-21-18-12-10-16(11-13-18)15-6-2-1-3-7-15/h1-13H,14,20H2. The molecule has 2 N–H and O–H groups in total. The minimum Gasteiger partial charge on any atom is -0.489 e. The molecule has 0 bridgehead atoms. The molecule has 3 aromatic rings. The highest BCUT2D eigenvalue weighted by atomic mass is 16.5. The quantitative estimate of drug-likeness (QED) is 0.711. The van der Waals surface area contributed by atoms with Crippen molar-refractivity contribution in [1.29, 1.82) is 0 Å². The van der Waals surface area contributed by atoms with Crippen molar-refractivity contribution >= 4 is 5.69 Å². The van der Waals surface area contributed by atoms with Gasteiger partial charge in [0, 0.05) is 11.3 Å². The van der Waals surface area contributed by atoms with Crippen LogP contribution < -0.4 is 10.5 Å². The molecule has 2 heteroatoms. The molecule has 0 heterocycles. The van der Waals surface area contributed by atoms with E-state index in [9.17, 15) is 0 Å². The molecular weight excluding hydrogens is 258 g/mol. The lowest BCUT2D eigenvalue weighted by molar-refractivity contribution is 0.307. The first-order chi connectivity index (χ1) is 10.3. The van der Waals surface area contributed by atoms with Gasteiger partial charge in [-0.3, -0.25) is 0 Å². The van der Waals surface area contributed by atoms with Crippen LogP contribution in [-0.2, 0) is 6.61 Å². The molecule has 104 valence electrons. The maximum absolute atomic E-state index is 5.90. The first kappa shape index (κ1) is 13.3. The first-order valence-corrected chi connectivity index (χ1v) is 6.94. The van der Waals surface area contributed by atoms with Crippen LogP contribution in [0.1, 0.15) is 5.56 Å². The molecule has 0 unspecified atom stereocenters. The Kier molecular flexibility index (Phi) is 3.88. The second kappa shape index (κ2) is 6.14. The number of hydrogen-bond donors (Lipinski definition) is 1. The maximum Gasteiger partial charge on any atom is 0.119 e. The molecule has 0 aliphatic rings. The number of anilines is 1. The molecule has 0 aromatic heterocycles. The second-order valence-electron chi connectivity index (χ2n) is 4.88. The number of nitrogens with two attached hydrogens (primary N) is 1. The zero-order valence-electron chi connectivity index (χ0n) is 11.7. The maximum atomic E-state index is 5.90. The summed E-state index contributed by atoms with van der Waals surface area (Å²) in [4.78, 5) is 0. The third kappa shape index (κ3) is 3.23. The van der Waals surface area contributed by atoms with Gasteiger partial charge in [0.15, 0.2) is 0 Å². The molecule has 0 aliphatic heterocycles. The molecular formula is C19H17NO. The van der Waals surface area contributed by atoms with Gasteiger partial charge in [0.05, 0.1) is 0 Å². The van der Waals surface area contributed by atoms with Crippen molar-refractivity contribution in [2.75, 3.05) is 5.73 Å². The van der Waals surface area contributed by atoms with Crippen molar-refractivity contribution < 1.29 is 4.74 Å². The van der Waals surface area contributed by atoms with Gasteiger partial charge in [0.25, 0.3) is 0 Å². The fourth-order valence-electron chi connectivity index (χ4n) is 2.20. The Morgan fingerprint density at radius 2 is 1.29 bits per heavy atom. The first-order valence-electron chi connectivity index (χ1n) is 6.94. The number of ether oxygens (including phenoxy) is 1. The van der Waals surface area contributed by atoms with Crippen LogP contribution in [0.3, 0.4) is 0 Å². The molecule has 0 atom stereocenters. The van der Waals surface area contributed by atoms with E-state index in [1.54, 1.807) is 0 Å². The van der Waals surface area contributed by atoms with E-state index < -0.39 is 0 Å². The van der Waals surface area contributed by atoms with Crippen molar-refractivity contribution in [1.82, 2.24) is 0 Å². The van der Waals surface area contributed by atoms with Gasteiger partial charge in [-0.05, 0) is 29.3 Å². The molecule has 21 heavy (non-hydrogen) atoms. The molecule has 0 fully saturated rings. The summed E-state index contributed by atoms with van der Waals surface area (Å²) >= 11 is 0. The minimum atomic E-state index is 0.483. The molecule has 0 spiro atoms. The number of rotatable bonds is 4. The zero-order valence-corrected chi connectivity index (χ0v) is 11.7. The summed E-state index contributed by atoms with van der Waals surface area (Å²) in [5, 5.41) is 0. The van der Waals surface area contributed by atoms with E-state index in [2.05, 4.69) is 24.3 Å². The van der Waals surface area contributed by atoms with Crippen LogP contribution in [0.15, 0.2) is 78.9 Å². The summed E-state index contributed by atoms with van der Waals surface area (Å²) in [6.45, 7) is 0.483. The Hall–Kier alpha value is -2.74. The molecule has 2 nitrogen and oxygen atoms in total. The topological polar surface area (TPSA) is 35.2 Å². The fraction of sp³-hybridized carbons (Fsp3) is 0.0526. The van der Waals surface area contributed by atoms with Crippen molar-refractivity contribution in [2.24, 2.45) is 0 Å². The van der Waals surface area contributed by atoms with Gasteiger partial charge >= 0.3 is 0 Å². The van der Waals surface area contributed by atoms with E-state index in [4.69, 9.17) is 10.5 Å². The molecule has 0 saturated carbocycles. The van der Waals surface area contributed by atoms with Gasteiger partial charge in [0.1, 0.15) is 12.4 Å². The van der Waals surface area contributed by atoms with Crippen molar-refractivity contribution in [2.45, 2.75) is 6.61 Å². The van der Waals surface area contributed by atoms with Crippen LogP contribution in [0.4, 0.5) is 5.69 Å². The van der Waals surface area contributed by atoms with E-state index in [1.807, 2.05) is 54.6 Å². The lowest BCUT2D eigenvalue weighted by atomic mass is 10.1. The second-order valence-corrected chi connectivity index (χ2v) is 4.88. The predicted molar refractivity (Wildman–Crippen MR) is 87.1 cm³/mol. The number of para-hydroxylation sites is 1. The van der Waals surface area contributed by atoms with Crippen molar-refractivity contribution in [3.63, 3.8) is 0 Å². The monoisotopic (exact) mass is 275 g/mol. The van der Waals surface area contributed by atoms with Gasteiger partial charge in [-0.25, -0.2) is 0 Å². The molecule has 0 aliphatic carbocycles. The predicted octanol–water partition coefficient (Wildman–Crippen LogP) is 4.51. The van der Waals surface area contributed by atoms with E-state index in [0.29, 0.717) is 6.61 Å². The highest BCUT2D eigenvalue weighted by Gasteiger charge is 2.01. The van der Waals surface area contributed by atoms with E-state index in [0.717, 1.165) is 17.0 Å². The Labute approximate surface area is 124 Å². The fourth-order valence-corrected chi connectivity index (χ4v) is 2.20. The molecule has 3 rings (SSSR count). The summed E-state index contributed by atoms with van der Waals surface area (Å²) in [6, 6.07) is 26.2. The van der Waals surface area contributed by atoms with E-state index >= 15 is 0 Å². The van der Waals surface area contributed by atoms with Gasteiger partial charge in [0.2, 0.25) is 0 Å². The Bertz CT molecular complexity index is 705. The Balaban J connectivity index is 1.69. The largest absolute Gasteiger partial charge is 0.489 e. The van der Waals surface area contributed by atoms with Crippen LogP contribution in [0.25, 0.3) is 11.1 Å². The van der Waals surface area contributed by atoms with Gasteiger partial charge in [-0.1, -0.05) is 60.7 Å². The van der Waals surface area contributed by atoms with Crippen LogP contribution in [0, 0.1) is 0 Å². The molecule has 0 amide bonds. The Morgan fingerprint density at radius 3 is 2.00 bits per heavy atom. The summed E-state index contributed by atoms with van der Waals surface area (Å²) in [7, 11) is 0. The van der Waals surface area contributed by atoms with Crippen molar-refractivity contribution in [3.05, 3.63) is 84.4 Å². The third-order valence-electron chi connectivity index (χ3n) is 3.41. The lowest BCUT2D eigenvalue weighted by Gasteiger charge is -2.09. The minimum absolute atomic E-state index is 0.483. The highest BCUT2D eigenvalue weighted by Crippen LogP contribution is 2.23. The SMILES string of the molecule is Nc1ccccc1COc1ccc(-c2ccccc2)cc1. The third-order valence-corrected chi connectivity index (χ3v) is 3.41. The Morgan fingerprint density at radius 1 is 0.667 bits per heavy atom. The van der Waals surface area contributed by atoms with Crippen LogP contribution in [0.5, 0.6) is 5.75 Å². The van der Waals surface area contributed by atoms with Crippen molar-refractivity contribution in [3.8, 4) is 16.9 Å². The highest BCUT2D eigenvalue weighted by molar-refractivity contribution is 5.63. The normalized spacial score (nSPS) is 10.3. The van der Waals surface area contributed by atoms with Crippen LogP contribution in [-0.4, -0.2) is 0 Å². The molecule has 0 saturated heterocycles. The van der Waals surface area contributed by atoms with Gasteiger partial charge in [-0.2, -0.15) is 0 Å². The molecule has 0 radical (unpaired) electrons. The van der Waals surface area contributed by atoms with Crippen LogP contribution >= 0.6 is 0 Å². The van der Waals surface area contributed by atoms with Gasteiger partial charge in [-0.15, -0.1) is 0 Å². The van der Waals surface area contributed by atoms with Crippen LogP contribution in [0.2, 0.25) is 0 Å². The number of nitrogen functional groups attached to an aromatic ring is 1. The summed E-state index contributed by atoms with van der Waals surface area (Å²) < 4.78 is 5.78. The zero-order chi connectivity index (χ0) is 14.5. The summed E-state index contributed by atoms with van der Waals surface area (Å²) in [6.07, 6.45) is 0. The summed E-state index contributed by atoms with van der Waals surface area (Å²) in [5.41, 5.74) is 10.1. The summed E-state index contributed by atoms with van der Waals surface area (Å²) in [5.74, 6) is 0.845. The average molecular weight is 275 g/mol. The van der Waals surface area contributed by atoms with E-state index in [1.165, 1.54) is 11.1 Å². The molecule has 3 aromatic carbocycles.